The summed E-state index contributed by atoms with van der Waals surface area (Å²) in [4.78, 5) is 0. The minimum Gasteiger partial charge on any atom is -0.368 e. The molecule has 3 aromatic carbocycles. The lowest BCUT2D eigenvalue weighted by Gasteiger charge is -2.09. The van der Waals surface area contributed by atoms with Crippen molar-refractivity contribution in [1.82, 2.24) is 0 Å². The van der Waals surface area contributed by atoms with Gasteiger partial charge in [0.2, 0.25) is 0 Å². The molecule has 4 saturated heterocycles. The topological polar surface area (TPSA) is 50.1 Å². The molecule has 4 aliphatic rings. The maximum Gasteiger partial charge on any atom is 0.114 e. The van der Waals surface area contributed by atoms with Crippen LogP contribution in [0.5, 0.6) is 0 Å². The van der Waals surface area contributed by atoms with Crippen LogP contribution in [0.3, 0.4) is 0 Å². The molecule has 3 aromatic rings. The zero-order valence-electron chi connectivity index (χ0n) is 18.5. The van der Waals surface area contributed by atoms with Crippen LogP contribution in [0.15, 0.2) is 72.8 Å². The average molecular weight is 429 g/mol. The molecule has 0 amide bonds. The highest BCUT2D eigenvalue weighted by atomic mass is 16.6. The van der Waals surface area contributed by atoms with E-state index in [1.54, 1.807) is 0 Å². The van der Waals surface area contributed by atoms with E-state index in [0.29, 0.717) is 12.2 Å². The fraction of sp³-hybridized carbons (Fsp3) is 0.357. The summed E-state index contributed by atoms with van der Waals surface area (Å²) < 4.78 is 21.3. The Morgan fingerprint density at radius 2 is 0.875 bits per heavy atom. The number of rotatable bonds is 5. The Hall–Kier alpha value is -2.50. The molecule has 0 aromatic heterocycles. The molecule has 0 radical (unpaired) electrons. The molecule has 0 aliphatic carbocycles. The van der Waals surface area contributed by atoms with Crippen LogP contribution in [0.2, 0.25) is 0 Å². The van der Waals surface area contributed by atoms with E-state index in [1.807, 2.05) is 0 Å². The predicted octanol–water partition coefficient (Wildman–Crippen LogP) is 5.67. The Bertz CT molecular complexity index is 995. The summed E-state index contributed by atoms with van der Waals surface area (Å²) in [5.41, 5.74) is 7.51. The van der Waals surface area contributed by atoms with Gasteiger partial charge in [-0.3, -0.25) is 0 Å². The first-order valence-corrected chi connectivity index (χ1v) is 11.3. The van der Waals surface area contributed by atoms with E-state index < -0.39 is 0 Å². The van der Waals surface area contributed by atoms with E-state index in [4.69, 9.17) is 18.9 Å². The molecule has 4 unspecified atom stereocenters. The molecule has 0 N–H and O–H groups in total. The van der Waals surface area contributed by atoms with E-state index in [1.165, 1.54) is 33.4 Å². The van der Waals surface area contributed by atoms with Crippen LogP contribution in [-0.4, -0.2) is 26.4 Å². The van der Waals surface area contributed by atoms with Gasteiger partial charge in [0.05, 0.1) is 26.4 Å². The third-order valence-electron chi connectivity index (χ3n) is 6.83. The largest absolute Gasteiger partial charge is 0.368 e. The van der Waals surface area contributed by atoms with Crippen molar-refractivity contribution in [3.05, 3.63) is 95.1 Å². The molecule has 4 heterocycles. The molecule has 32 heavy (non-hydrogen) atoms. The third-order valence-corrected chi connectivity index (χ3v) is 6.83. The number of hydrogen-bond acceptors (Lipinski definition) is 4. The summed E-state index contributed by atoms with van der Waals surface area (Å²) in [5.74, 6) is 0. The molecule has 4 aliphatic heterocycles. The van der Waals surface area contributed by atoms with Crippen LogP contribution in [0, 0.1) is 0 Å². The fourth-order valence-corrected chi connectivity index (χ4v) is 3.99. The van der Waals surface area contributed by atoms with Gasteiger partial charge in [0.1, 0.15) is 23.4 Å². The molecule has 4 fully saturated rings. The highest BCUT2D eigenvalue weighted by Gasteiger charge is 2.41. The lowest BCUT2D eigenvalue weighted by Crippen LogP contribution is -2.02. The van der Waals surface area contributed by atoms with Gasteiger partial charge in [0.15, 0.2) is 0 Å². The highest BCUT2D eigenvalue weighted by Crippen LogP contribution is 2.40. The van der Waals surface area contributed by atoms with Crippen molar-refractivity contribution in [2.75, 3.05) is 26.4 Å². The van der Waals surface area contributed by atoms with Gasteiger partial charge in [-0.25, -0.2) is 0 Å². The van der Waals surface area contributed by atoms with E-state index >= 15 is 0 Å². The smallest absolute Gasteiger partial charge is 0.114 e. The molecule has 4 heteroatoms. The maximum atomic E-state index is 5.47. The van der Waals surface area contributed by atoms with Crippen LogP contribution in [0.1, 0.15) is 48.3 Å². The summed E-state index contributed by atoms with van der Waals surface area (Å²) in [6.07, 6.45) is 0.748. The van der Waals surface area contributed by atoms with Crippen molar-refractivity contribution in [3.8, 4) is 11.1 Å². The number of hydrogen-bond donors (Lipinski definition) is 0. The molecule has 4 nitrogen and oxygen atoms in total. The van der Waals surface area contributed by atoms with Gasteiger partial charge in [0, 0.05) is 0 Å². The first-order valence-electron chi connectivity index (χ1n) is 11.3. The summed E-state index contributed by atoms with van der Waals surface area (Å²) in [7, 11) is 0. The number of epoxide rings is 4. The van der Waals surface area contributed by atoms with Gasteiger partial charge < -0.3 is 18.9 Å². The standard InChI is InChI=1S/C18H18O2.C10H10O2/c1-17(11-19-17)15-7-3-13(4-8-15)14-5-9-16(10-6-14)18(2)12-20-18;1-2-8(10-6-12-10)4-3-7(1)9-5-11-9/h3-10H,11-12H2,1-2H3;1-4,9-10H,5-6H2. The van der Waals surface area contributed by atoms with Gasteiger partial charge in [-0.05, 0) is 47.2 Å². The van der Waals surface area contributed by atoms with E-state index in [2.05, 4.69) is 86.6 Å². The van der Waals surface area contributed by atoms with Gasteiger partial charge >= 0.3 is 0 Å². The van der Waals surface area contributed by atoms with Crippen molar-refractivity contribution in [1.29, 1.82) is 0 Å². The molecule has 0 spiro atoms. The molecule has 0 bridgehead atoms. The van der Waals surface area contributed by atoms with Crippen LogP contribution in [0.4, 0.5) is 0 Å². The second kappa shape index (κ2) is 7.53. The number of ether oxygens (including phenoxy) is 4. The third kappa shape index (κ3) is 4.24. The second-order valence-electron chi connectivity index (χ2n) is 9.50. The van der Waals surface area contributed by atoms with Gasteiger partial charge in [-0.15, -0.1) is 0 Å². The van der Waals surface area contributed by atoms with Crippen molar-refractivity contribution < 1.29 is 18.9 Å². The molecular formula is C28H28O4. The lowest BCUT2D eigenvalue weighted by molar-refractivity contribution is 0.329. The molecule has 4 atom stereocenters. The molecule has 7 rings (SSSR count). The molecular weight excluding hydrogens is 400 g/mol. The molecule has 164 valence electrons. The first-order chi connectivity index (χ1) is 15.5. The Kier molecular flexibility index (Phi) is 4.74. The summed E-state index contributed by atoms with van der Waals surface area (Å²) in [6.45, 7) is 7.71. The van der Waals surface area contributed by atoms with Gasteiger partial charge in [-0.1, -0.05) is 72.8 Å². The monoisotopic (exact) mass is 428 g/mol. The Labute approximate surface area is 189 Å². The summed E-state index contributed by atoms with van der Waals surface area (Å²) in [6, 6.07) is 25.9. The van der Waals surface area contributed by atoms with E-state index in [9.17, 15) is 0 Å². The van der Waals surface area contributed by atoms with E-state index in [-0.39, 0.29) is 11.2 Å². The Morgan fingerprint density at radius 1 is 0.562 bits per heavy atom. The minimum absolute atomic E-state index is 0.0414. The second-order valence-corrected chi connectivity index (χ2v) is 9.50. The predicted molar refractivity (Wildman–Crippen MR) is 122 cm³/mol. The van der Waals surface area contributed by atoms with Crippen molar-refractivity contribution in [2.24, 2.45) is 0 Å². The zero-order chi connectivity index (χ0) is 21.8. The molecule has 0 saturated carbocycles. The van der Waals surface area contributed by atoms with Crippen LogP contribution in [0.25, 0.3) is 11.1 Å². The van der Waals surface area contributed by atoms with E-state index in [0.717, 1.165) is 26.4 Å². The fourth-order valence-electron chi connectivity index (χ4n) is 3.99. The summed E-state index contributed by atoms with van der Waals surface area (Å²) in [5, 5.41) is 0. The van der Waals surface area contributed by atoms with Crippen molar-refractivity contribution in [3.63, 3.8) is 0 Å². The normalized spacial score (nSPS) is 31.3. The summed E-state index contributed by atoms with van der Waals surface area (Å²) >= 11 is 0. The average Bonchev–Trinajstić information content (AvgIpc) is 3.66. The van der Waals surface area contributed by atoms with Crippen LogP contribution < -0.4 is 0 Å². The van der Waals surface area contributed by atoms with Gasteiger partial charge in [0.25, 0.3) is 0 Å². The Morgan fingerprint density at radius 3 is 1.12 bits per heavy atom. The lowest BCUT2D eigenvalue weighted by atomic mass is 9.96. The quantitative estimate of drug-likeness (QED) is 0.491. The van der Waals surface area contributed by atoms with Crippen molar-refractivity contribution >= 4 is 0 Å². The SMILES string of the molecule is CC1(c2ccc(-c3ccc(C4(C)CO4)cc3)cc2)CO1.c1cc(C2CO2)ccc1C1CO1. The first kappa shape index (κ1) is 20.1. The van der Waals surface area contributed by atoms with Crippen LogP contribution >= 0.6 is 0 Å². The Balaban J connectivity index is 0.000000138. The van der Waals surface area contributed by atoms with Crippen LogP contribution in [-0.2, 0) is 30.1 Å². The highest BCUT2D eigenvalue weighted by molar-refractivity contribution is 5.64. The number of benzene rings is 3. The minimum atomic E-state index is -0.0414. The maximum absolute atomic E-state index is 5.47. The van der Waals surface area contributed by atoms with Crippen molar-refractivity contribution in [2.45, 2.75) is 37.3 Å². The van der Waals surface area contributed by atoms with Gasteiger partial charge in [-0.2, -0.15) is 0 Å². The zero-order valence-corrected chi connectivity index (χ0v) is 18.5.